The average molecular weight is 202 g/mol. The molecule has 0 spiro atoms. The van der Waals surface area contributed by atoms with E-state index >= 15 is 0 Å². The molecule has 0 fully saturated rings. The van der Waals surface area contributed by atoms with Gasteiger partial charge in [-0.3, -0.25) is 0 Å². The molecule has 0 saturated heterocycles. The Morgan fingerprint density at radius 1 is 1.36 bits per heavy atom. The van der Waals surface area contributed by atoms with E-state index < -0.39 is 17.4 Å². The van der Waals surface area contributed by atoms with Crippen molar-refractivity contribution in [2.45, 2.75) is 6.18 Å². The van der Waals surface area contributed by atoms with Crippen LogP contribution < -0.4 is 5.73 Å². The molecule has 14 heavy (non-hydrogen) atoms. The number of anilines is 1. The molecule has 0 aromatic heterocycles. The van der Waals surface area contributed by atoms with Crippen molar-refractivity contribution >= 4 is 11.4 Å². The lowest BCUT2D eigenvalue weighted by molar-refractivity contribution is -0.137. The Kier molecular flexibility index (Phi) is 2.53. The average Bonchev–Trinajstić information content (AvgIpc) is 2.07. The van der Waals surface area contributed by atoms with Crippen LogP contribution in [0.5, 0.6) is 0 Å². The van der Waals surface area contributed by atoms with Gasteiger partial charge in [0.2, 0.25) is 0 Å². The summed E-state index contributed by atoms with van der Waals surface area (Å²) in [5.41, 5.74) is 11.7. The Hall–Kier alpha value is -1.88. The first-order chi connectivity index (χ1) is 6.45. The quantitative estimate of drug-likeness (QED) is 0.322. The van der Waals surface area contributed by atoms with Gasteiger partial charge in [-0.1, -0.05) is 11.2 Å². The van der Waals surface area contributed by atoms with Gasteiger partial charge in [-0.15, -0.1) is 0 Å². The number of rotatable bonds is 1. The van der Waals surface area contributed by atoms with Crippen molar-refractivity contribution in [3.63, 3.8) is 0 Å². The van der Waals surface area contributed by atoms with Crippen LogP contribution in [0.4, 0.5) is 24.5 Å². The Labute approximate surface area is 76.8 Å². The number of nitrogen functional groups attached to an aromatic ring is 1. The molecular formula is C7H5F3N4. The molecule has 1 rings (SSSR count). The van der Waals surface area contributed by atoms with Gasteiger partial charge >= 0.3 is 6.18 Å². The van der Waals surface area contributed by atoms with Gasteiger partial charge in [-0.25, -0.2) is 0 Å². The predicted octanol–water partition coefficient (Wildman–Crippen LogP) is 3.23. The van der Waals surface area contributed by atoms with Crippen LogP contribution in [0.1, 0.15) is 5.56 Å². The summed E-state index contributed by atoms with van der Waals surface area (Å²) in [6, 6.07) is 2.99. The van der Waals surface area contributed by atoms with Crippen LogP contribution in [0, 0.1) is 0 Å². The molecule has 1 aromatic carbocycles. The van der Waals surface area contributed by atoms with E-state index in [0.29, 0.717) is 0 Å². The van der Waals surface area contributed by atoms with E-state index in [2.05, 4.69) is 10.0 Å². The van der Waals surface area contributed by atoms with Crippen molar-refractivity contribution in [3.8, 4) is 0 Å². The van der Waals surface area contributed by atoms with Gasteiger partial charge in [0.1, 0.15) is 0 Å². The molecule has 7 heteroatoms. The van der Waals surface area contributed by atoms with Gasteiger partial charge in [0, 0.05) is 16.3 Å². The molecule has 0 bridgehead atoms. The highest BCUT2D eigenvalue weighted by molar-refractivity contribution is 5.55. The fourth-order valence-electron chi connectivity index (χ4n) is 0.916. The molecule has 0 saturated carbocycles. The normalized spacial score (nSPS) is 10.8. The van der Waals surface area contributed by atoms with E-state index in [1.807, 2.05) is 0 Å². The van der Waals surface area contributed by atoms with Crippen LogP contribution in [0.25, 0.3) is 10.4 Å². The Morgan fingerprint density at radius 2 is 2.00 bits per heavy atom. The number of azide groups is 1. The minimum atomic E-state index is -4.57. The van der Waals surface area contributed by atoms with E-state index in [-0.39, 0.29) is 5.69 Å². The standard InChI is InChI=1S/C7H5F3N4/c8-7(9,10)5-3-4(11)1-2-6(5)13-14-12/h1-3H,11H2. The van der Waals surface area contributed by atoms with Crippen molar-refractivity contribution in [2.24, 2.45) is 5.11 Å². The summed E-state index contributed by atoms with van der Waals surface area (Å²) in [5, 5.41) is 2.92. The van der Waals surface area contributed by atoms with Crippen LogP contribution >= 0.6 is 0 Å². The number of nitrogens with zero attached hydrogens (tertiary/aromatic N) is 3. The highest BCUT2D eigenvalue weighted by Crippen LogP contribution is 2.37. The molecule has 0 amide bonds. The molecule has 0 aliphatic heterocycles. The van der Waals surface area contributed by atoms with Crippen LogP contribution in [0.3, 0.4) is 0 Å². The van der Waals surface area contributed by atoms with Crippen LogP contribution in [-0.2, 0) is 6.18 Å². The van der Waals surface area contributed by atoms with Crippen LogP contribution in [-0.4, -0.2) is 0 Å². The maximum absolute atomic E-state index is 12.3. The van der Waals surface area contributed by atoms with Gasteiger partial charge in [-0.2, -0.15) is 13.2 Å². The minimum absolute atomic E-state index is 0.0331. The third-order valence-electron chi connectivity index (χ3n) is 1.48. The zero-order valence-electron chi connectivity index (χ0n) is 6.78. The predicted molar refractivity (Wildman–Crippen MR) is 44.7 cm³/mol. The number of halogens is 3. The summed E-state index contributed by atoms with van der Waals surface area (Å²) in [5.74, 6) is 0. The van der Waals surface area contributed by atoms with Gasteiger partial charge in [-0.05, 0) is 17.7 Å². The highest BCUT2D eigenvalue weighted by atomic mass is 19.4. The third-order valence-corrected chi connectivity index (χ3v) is 1.48. The van der Waals surface area contributed by atoms with E-state index in [4.69, 9.17) is 11.3 Å². The largest absolute Gasteiger partial charge is 0.416 e. The topological polar surface area (TPSA) is 74.8 Å². The SMILES string of the molecule is [N-]=[N+]=Nc1ccc(N)cc1C(F)(F)F. The second-order valence-electron chi connectivity index (χ2n) is 2.46. The van der Waals surface area contributed by atoms with E-state index in [1.54, 1.807) is 0 Å². The lowest BCUT2D eigenvalue weighted by Crippen LogP contribution is -2.05. The van der Waals surface area contributed by atoms with Gasteiger partial charge < -0.3 is 5.73 Å². The third kappa shape index (κ3) is 2.08. The number of nitrogens with two attached hydrogens (primary N) is 1. The van der Waals surface area contributed by atoms with Gasteiger partial charge in [0.25, 0.3) is 0 Å². The smallest absolute Gasteiger partial charge is 0.399 e. The Morgan fingerprint density at radius 3 is 2.50 bits per heavy atom. The molecule has 0 aliphatic carbocycles. The van der Waals surface area contributed by atoms with Crippen molar-refractivity contribution < 1.29 is 13.2 Å². The first kappa shape index (κ1) is 10.2. The first-order valence-corrected chi connectivity index (χ1v) is 3.47. The second kappa shape index (κ2) is 3.47. The number of alkyl halides is 3. The summed E-state index contributed by atoms with van der Waals surface area (Å²) in [6.07, 6.45) is -4.57. The maximum atomic E-state index is 12.3. The lowest BCUT2D eigenvalue weighted by atomic mass is 10.1. The Balaban J connectivity index is 3.37. The summed E-state index contributed by atoms with van der Waals surface area (Å²) >= 11 is 0. The Bertz CT molecular complexity index is 392. The molecule has 4 nitrogen and oxygen atoms in total. The number of hydrogen-bond acceptors (Lipinski definition) is 2. The summed E-state index contributed by atoms with van der Waals surface area (Å²) in [4.78, 5) is 2.29. The second-order valence-corrected chi connectivity index (χ2v) is 2.46. The molecule has 0 radical (unpaired) electrons. The van der Waals surface area contributed by atoms with Crippen LogP contribution in [0.15, 0.2) is 23.3 Å². The maximum Gasteiger partial charge on any atom is 0.416 e. The molecule has 2 N–H and O–H groups in total. The van der Waals surface area contributed by atoms with Crippen LogP contribution in [0.2, 0.25) is 0 Å². The van der Waals surface area contributed by atoms with Crippen molar-refractivity contribution in [3.05, 3.63) is 34.2 Å². The number of benzene rings is 1. The molecule has 74 valence electrons. The zero-order valence-corrected chi connectivity index (χ0v) is 6.78. The van der Waals surface area contributed by atoms with Gasteiger partial charge in [0.05, 0.1) is 5.56 Å². The van der Waals surface area contributed by atoms with E-state index in [9.17, 15) is 13.2 Å². The van der Waals surface area contributed by atoms with Gasteiger partial charge in [0.15, 0.2) is 0 Å². The zero-order chi connectivity index (χ0) is 10.8. The molecule has 0 aliphatic rings. The highest BCUT2D eigenvalue weighted by Gasteiger charge is 2.33. The monoisotopic (exact) mass is 202 g/mol. The molecule has 0 heterocycles. The molecule has 0 atom stereocenters. The summed E-state index contributed by atoms with van der Waals surface area (Å²) in [6.45, 7) is 0. The minimum Gasteiger partial charge on any atom is -0.399 e. The molecular weight excluding hydrogens is 197 g/mol. The van der Waals surface area contributed by atoms with E-state index in [0.717, 1.165) is 12.1 Å². The van der Waals surface area contributed by atoms with E-state index in [1.165, 1.54) is 6.07 Å². The number of hydrogen-bond donors (Lipinski definition) is 1. The van der Waals surface area contributed by atoms with Crippen molar-refractivity contribution in [2.75, 3.05) is 5.73 Å². The fraction of sp³-hybridized carbons (Fsp3) is 0.143. The fourth-order valence-corrected chi connectivity index (χ4v) is 0.916. The van der Waals surface area contributed by atoms with Crippen molar-refractivity contribution in [1.82, 2.24) is 0 Å². The van der Waals surface area contributed by atoms with Crippen molar-refractivity contribution in [1.29, 1.82) is 0 Å². The molecule has 1 aromatic rings. The first-order valence-electron chi connectivity index (χ1n) is 3.47. The summed E-state index contributed by atoms with van der Waals surface area (Å²) in [7, 11) is 0. The summed E-state index contributed by atoms with van der Waals surface area (Å²) < 4.78 is 36.9. The molecule has 0 unspecified atom stereocenters. The lowest BCUT2D eigenvalue weighted by Gasteiger charge is -2.09.